The van der Waals surface area contributed by atoms with Crippen molar-refractivity contribution in [2.75, 3.05) is 0 Å². The second-order valence-corrected chi connectivity index (χ2v) is 4.88. The maximum atomic E-state index is 12.0. The lowest BCUT2D eigenvalue weighted by Crippen LogP contribution is -1.95. The molecule has 0 heterocycles. The smallest absolute Gasteiger partial charge is 0.269 e. The molecule has 0 radical (unpaired) electrons. The number of carbonyl (C=O) groups is 1. The quantitative estimate of drug-likeness (QED) is 0.364. The van der Waals surface area contributed by atoms with Crippen LogP contribution in [0.1, 0.15) is 15.9 Å². The van der Waals surface area contributed by atoms with Gasteiger partial charge in [-0.2, -0.15) is 0 Å². The molecule has 0 aliphatic rings. The van der Waals surface area contributed by atoms with Crippen molar-refractivity contribution < 1.29 is 9.72 Å². The molecule has 2 aromatic rings. The van der Waals surface area contributed by atoms with Gasteiger partial charge in [-0.25, -0.2) is 0 Å². The van der Waals surface area contributed by atoms with Gasteiger partial charge in [-0.3, -0.25) is 14.9 Å². The lowest BCUT2D eigenvalue weighted by atomic mass is 10.1. The van der Waals surface area contributed by atoms with Gasteiger partial charge in [-0.1, -0.05) is 34.1 Å². The van der Waals surface area contributed by atoms with Crippen LogP contribution in [0, 0.1) is 10.1 Å². The van der Waals surface area contributed by atoms with E-state index >= 15 is 0 Å². The van der Waals surface area contributed by atoms with E-state index in [0.29, 0.717) is 5.56 Å². The zero-order chi connectivity index (χ0) is 14.5. The number of halogens is 1. The molecule has 100 valence electrons. The van der Waals surface area contributed by atoms with E-state index in [2.05, 4.69) is 15.9 Å². The number of nitro groups is 1. The van der Waals surface area contributed by atoms with Crippen molar-refractivity contribution in [3.8, 4) is 0 Å². The van der Waals surface area contributed by atoms with E-state index < -0.39 is 4.92 Å². The minimum atomic E-state index is -0.459. The van der Waals surface area contributed by atoms with Gasteiger partial charge in [-0.15, -0.1) is 0 Å². The molecule has 0 saturated carbocycles. The second-order valence-electron chi connectivity index (χ2n) is 4.03. The number of nitrogens with zero attached hydrogens (tertiary/aromatic N) is 1. The van der Waals surface area contributed by atoms with Gasteiger partial charge < -0.3 is 0 Å². The summed E-state index contributed by atoms with van der Waals surface area (Å²) in [6.07, 6.45) is 3.08. The number of allylic oxidation sites excluding steroid dienone is 1. The lowest BCUT2D eigenvalue weighted by molar-refractivity contribution is -0.384. The van der Waals surface area contributed by atoms with Crippen LogP contribution in [0.25, 0.3) is 6.08 Å². The van der Waals surface area contributed by atoms with Crippen molar-refractivity contribution in [2.45, 2.75) is 0 Å². The molecule has 4 nitrogen and oxygen atoms in total. The van der Waals surface area contributed by atoms with E-state index in [1.54, 1.807) is 36.4 Å². The molecule has 2 aromatic carbocycles. The third kappa shape index (κ3) is 3.39. The highest BCUT2D eigenvalue weighted by Gasteiger charge is 2.06. The minimum Gasteiger partial charge on any atom is -0.289 e. The summed E-state index contributed by atoms with van der Waals surface area (Å²) in [6, 6.07) is 13.2. The molecule has 0 aliphatic carbocycles. The minimum absolute atomic E-state index is 0.0271. The fourth-order valence-electron chi connectivity index (χ4n) is 1.63. The Morgan fingerprint density at radius 1 is 1.10 bits per heavy atom. The molecule has 0 spiro atoms. The van der Waals surface area contributed by atoms with Crippen molar-refractivity contribution in [1.82, 2.24) is 0 Å². The molecule has 0 N–H and O–H groups in total. The number of nitro benzene ring substituents is 1. The van der Waals surface area contributed by atoms with E-state index in [9.17, 15) is 14.9 Å². The maximum absolute atomic E-state index is 12.0. The standard InChI is InChI=1S/C15H10BrNO3/c16-14-4-2-1-3-13(14)15(18)10-7-11-5-8-12(9-6-11)17(19)20/h1-10H. The molecular weight excluding hydrogens is 322 g/mol. The van der Waals surface area contributed by atoms with Gasteiger partial charge in [0.05, 0.1) is 4.92 Å². The summed E-state index contributed by atoms with van der Waals surface area (Å²) < 4.78 is 0.735. The highest BCUT2D eigenvalue weighted by atomic mass is 79.9. The van der Waals surface area contributed by atoms with E-state index in [4.69, 9.17) is 0 Å². The number of hydrogen-bond acceptors (Lipinski definition) is 3. The van der Waals surface area contributed by atoms with Crippen molar-refractivity contribution in [3.05, 3.63) is 80.3 Å². The molecule has 0 saturated heterocycles. The van der Waals surface area contributed by atoms with Gasteiger partial charge in [0.2, 0.25) is 0 Å². The third-order valence-electron chi connectivity index (χ3n) is 2.67. The van der Waals surface area contributed by atoms with Gasteiger partial charge in [-0.05, 0) is 35.9 Å². The summed E-state index contributed by atoms with van der Waals surface area (Å²) in [5.41, 5.74) is 1.33. The molecular formula is C15H10BrNO3. The number of non-ortho nitro benzene ring substituents is 1. The summed E-state index contributed by atoms with van der Waals surface area (Å²) in [7, 11) is 0. The first-order valence-corrected chi connectivity index (χ1v) is 6.58. The van der Waals surface area contributed by atoms with Crippen LogP contribution < -0.4 is 0 Å². The predicted molar refractivity (Wildman–Crippen MR) is 80.6 cm³/mol. The summed E-state index contributed by atoms with van der Waals surface area (Å²) in [4.78, 5) is 22.1. The van der Waals surface area contributed by atoms with Crippen molar-refractivity contribution >= 4 is 33.5 Å². The van der Waals surface area contributed by atoms with Crippen molar-refractivity contribution in [3.63, 3.8) is 0 Å². The van der Waals surface area contributed by atoms with Crippen LogP contribution in [0.15, 0.2) is 59.1 Å². The van der Waals surface area contributed by atoms with Gasteiger partial charge in [0.25, 0.3) is 5.69 Å². The van der Waals surface area contributed by atoms with E-state index in [1.165, 1.54) is 18.2 Å². The molecule has 20 heavy (non-hydrogen) atoms. The van der Waals surface area contributed by atoms with E-state index in [0.717, 1.165) is 10.0 Å². The highest BCUT2D eigenvalue weighted by molar-refractivity contribution is 9.10. The monoisotopic (exact) mass is 331 g/mol. The first-order valence-electron chi connectivity index (χ1n) is 5.79. The SMILES string of the molecule is O=C(C=Cc1ccc([N+](=O)[O-])cc1)c1ccccc1Br. The second kappa shape index (κ2) is 6.25. The number of rotatable bonds is 4. The van der Waals surface area contributed by atoms with E-state index in [1.807, 2.05) is 6.07 Å². The maximum Gasteiger partial charge on any atom is 0.269 e. The topological polar surface area (TPSA) is 60.2 Å². The summed E-state index contributed by atoms with van der Waals surface area (Å²) in [5.74, 6) is -0.129. The summed E-state index contributed by atoms with van der Waals surface area (Å²) in [6.45, 7) is 0. The Kier molecular flexibility index (Phi) is 4.42. The van der Waals surface area contributed by atoms with Gasteiger partial charge in [0, 0.05) is 22.2 Å². The molecule has 2 rings (SSSR count). The molecule has 0 atom stereocenters. The van der Waals surface area contributed by atoms with E-state index in [-0.39, 0.29) is 11.5 Å². The van der Waals surface area contributed by atoms with Crippen LogP contribution in [-0.2, 0) is 0 Å². The van der Waals surface area contributed by atoms with Gasteiger partial charge in [0.1, 0.15) is 0 Å². The fourth-order valence-corrected chi connectivity index (χ4v) is 2.11. The molecule has 0 amide bonds. The summed E-state index contributed by atoms with van der Waals surface area (Å²) in [5, 5.41) is 10.5. The first kappa shape index (κ1) is 14.1. The van der Waals surface area contributed by atoms with Crippen LogP contribution in [-0.4, -0.2) is 10.7 Å². The number of hydrogen-bond donors (Lipinski definition) is 0. The molecule has 5 heteroatoms. The average molecular weight is 332 g/mol. The molecule has 0 aromatic heterocycles. The predicted octanol–water partition coefficient (Wildman–Crippen LogP) is 4.25. The van der Waals surface area contributed by atoms with Crippen LogP contribution >= 0.6 is 15.9 Å². The number of ketones is 1. The molecule has 0 aliphatic heterocycles. The van der Waals surface area contributed by atoms with Crippen LogP contribution in [0.5, 0.6) is 0 Å². The first-order chi connectivity index (χ1) is 9.58. The van der Waals surface area contributed by atoms with Crippen LogP contribution in [0.4, 0.5) is 5.69 Å². The Labute approximate surface area is 124 Å². The zero-order valence-corrected chi connectivity index (χ0v) is 11.9. The lowest BCUT2D eigenvalue weighted by Gasteiger charge is -1.99. The Morgan fingerprint density at radius 3 is 2.35 bits per heavy atom. The average Bonchev–Trinajstić information content (AvgIpc) is 2.45. The number of carbonyl (C=O) groups excluding carboxylic acids is 1. The Hall–Kier alpha value is -2.27. The molecule has 0 bridgehead atoms. The third-order valence-corrected chi connectivity index (χ3v) is 3.36. The number of benzene rings is 2. The largest absolute Gasteiger partial charge is 0.289 e. The van der Waals surface area contributed by atoms with Gasteiger partial charge >= 0.3 is 0 Å². The van der Waals surface area contributed by atoms with Crippen molar-refractivity contribution in [2.24, 2.45) is 0 Å². The highest BCUT2D eigenvalue weighted by Crippen LogP contribution is 2.18. The normalized spacial score (nSPS) is 10.7. The van der Waals surface area contributed by atoms with Crippen LogP contribution in [0.3, 0.4) is 0 Å². The Bertz CT molecular complexity index is 678. The van der Waals surface area contributed by atoms with Crippen LogP contribution in [0.2, 0.25) is 0 Å². The zero-order valence-electron chi connectivity index (χ0n) is 10.3. The van der Waals surface area contributed by atoms with Crippen molar-refractivity contribution in [1.29, 1.82) is 0 Å². The Morgan fingerprint density at radius 2 is 1.75 bits per heavy atom. The fraction of sp³-hybridized carbons (Fsp3) is 0. The van der Waals surface area contributed by atoms with Gasteiger partial charge in [0.15, 0.2) is 5.78 Å². The molecule has 0 fully saturated rings. The Balaban J connectivity index is 2.15. The molecule has 0 unspecified atom stereocenters. The summed E-state index contributed by atoms with van der Waals surface area (Å²) >= 11 is 3.32.